The molecule has 1 fully saturated rings. The molecule has 3 nitrogen and oxygen atoms in total. The van der Waals surface area contributed by atoms with Gasteiger partial charge in [0, 0.05) is 5.69 Å². The van der Waals surface area contributed by atoms with E-state index in [0.717, 1.165) is 12.2 Å². The van der Waals surface area contributed by atoms with Crippen molar-refractivity contribution in [3.63, 3.8) is 0 Å². The molecule has 0 N–H and O–H groups in total. The predicted octanol–water partition coefficient (Wildman–Crippen LogP) is 1.36. The fourth-order valence-corrected chi connectivity index (χ4v) is 1.50. The summed E-state index contributed by atoms with van der Waals surface area (Å²) >= 11 is 0. The van der Waals surface area contributed by atoms with Crippen molar-refractivity contribution in [1.29, 1.82) is 0 Å². The van der Waals surface area contributed by atoms with Crippen LogP contribution in [0.1, 0.15) is 5.56 Å². The minimum atomic E-state index is -0.148. The van der Waals surface area contributed by atoms with Gasteiger partial charge in [-0.2, -0.15) is 0 Å². The molecule has 1 aromatic rings. The number of benzene rings is 1. The van der Waals surface area contributed by atoms with Gasteiger partial charge >= 0.3 is 5.97 Å². The minimum Gasteiger partial charge on any atom is -0.467 e. The average molecular weight is 191 g/mol. The van der Waals surface area contributed by atoms with E-state index in [-0.39, 0.29) is 12.0 Å². The standard InChI is InChI=1S/C11H13NO2/c1-8-3-5-9(6-4-8)12-7-10(12)11(13)14-2/h3-6,10H,7H2,1-2H3/t10-,12?/m0/s1. The van der Waals surface area contributed by atoms with Gasteiger partial charge in [0.15, 0.2) is 0 Å². The summed E-state index contributed by atoms with van der Waals surface area (Å²) < 4.78 is 4.67. The van der Waals surface area contributed by atoms with Crippen molar-refractivity contribution in [2.24, 2.45) is 0 Å². The van der Waals surface area contributed by atoms with Crippen LogP contribution in [0.15, 0.2) is 24.3 Å². The molecule has 0 amide bonds. The fourth-order valence-electron chi connectivity index (χ4n) is 1.50. The molecule has 0 bridgehead atoms. The van der Waals surface area contributed by atoms with Crippen molar-refractivity contribution in [2.45, 2.75) is 13.0 Å². The summed E-state index contributed by atoms with van der Waals surface area (Å²) in [5, 5.41) is 0. The molecule has 0 unspecified atom stereocenters. The summed E-state index contributed by atoms with van der Waals surface area (Å²) in [6.07, 6.45) is 0. The van der Waals surface area contributed by atoms with Gasteiger partial charge in [0.2, 0.25) is 0 Å². The first kappa shape index (κ1) is 9.06. The Hall–Kier alpha value is -1.51. The molecule has 0 aromatic heterocycles. The van der Waals surface area contributed by atoms with Crippen molar-refractivity contribution < 1.29 is 9.53 Å². The first-order valence-corrected chi connectivity index (χ1v) is 4.63. The Morgan fingerprint density at radius 1 is 1.43 bits per heavy atom. The lowest BCUT2D eigenvalue weighted by Gasteiger charge is -2.04. The number of aryl methyl sites for hydroxylation is 1. The van der Waals surface area contributed by atoms with Gasteiger partial charge in [0.1, 0.15) is 6.04 Å². The first-order chi connectivity index (χ1) is 6.72. The average Bonchev–Trinajstić information content (AvgIpc) is 2.98. The number of anilines is 1. The van der Waals surface area contributed by atoms with Crippen LogP contribution < -0.4 is 4.90 Å². The summed E-state index contributed by atoms with van der Waals surface area (Å²) in [7, 11) is 1.42. The van der Waals surface area contributed by atoms with Gasteiger partial charge in [-0.05, 0) is 19.1 Å². The summed E-state index contributed by atoms with van der Waals surface area (Å²) in [5.74, 6) is -0.148. The molecule has 1 aliphatic rings. The molecule has 14 heavy (non-hydrogen) atoms. The summed E-state index contributed by atoms with van der Waals surface area (Å²) in [6.45, 7) is 2.82. The third kappa shape index (κ3) is 1.58. The van der Waals surface area contributed by atoms with E-state index >= 15 is 0 Å². The quantitative estimate of drug-likeness (QED) is 0.522. The molecule has 1 aromatic carbocycles. The molecule has 1 aliphatic heterocycles. The molecule has 74 valence electrons. The van der Waals surface area contributed by atoms with Crippen LogP contribution in [0.25, 0.3) is 0 Å². The van der Waals surface area contributed by atoms with E-state index in [1.165, 1.54) is 12.7 Å². The topological polar surface area (TPSA) is 29.3 Å². The summed E-state index contributed by atoms with van der Waals surface area (Å²) in [4.78, 5) is 13.2. The van der Waals surface area contributed by atoms with Crippen LogP contribution in [0, 0.1) is 6.92 Å². The SMILES string of the molecule is COC(=O)[C@@H]1CN1c1ccc(C)cc1. The van der Waals surface area contributed by atoms with Crippen LogP contribution in [-0.4, -0.2) is 25.7 Å². The number of carbonyl (C=O) groups excluding carboxylic acids is 1. The molecule has 0 radical (unpaired) electrons. The number of methoxy groups -OCH3 is 1. The van der Waals surface area contributed by atoms with E-state index in [1.54, 1.807) is 0 Å². The Labute approximate surface area is 83.3 Å². The largest absolute Gasteiger partial charge is 0.467 e. The van der Waals surface area contributed by atoms with Crippen LogP contribution in [0.4, 0.5) is 5.69 Å². The fraction of sp³-hybridized carbons (Fsp3) is 0.364. The van der Waals surface area contributed by atoms with Crippen molar-refractivity contribution in [2.75, 3.05) is 18.6 Å². The number of nitrogens with zero attached hydrogens (tertiary/aromatic N) is 1. The third-order valence-corrected chi connectivity index (χ3v) is 2.45. The monoisotopic (exact) mass is 191 g/mol. The van der Waals surface area contributed by atoms with Crippen molar-refractivity contribution >= 4 is 11.7 Å². The number of rotatable bonds is 2. The Morgan fingerprint density at radius 3 is 2.64 bits per heavy atom. The number of ether oxygens (including phenoxy) is 1. The Balaban J connectivity index is 2.06. The highest BCUT2D eigenvalue weighted by Crippen LogP contribution is 2.28. The molecule has 1 atom stereocenters. The highest BCUT2D eigenvalue weighted by Gasteiger charge is 2.41. The molecular weight excluding hydrogens is 178 g/mol. The summed E-state index contributed by atoms with van der Waals surface area (Å²) in [6, 6.07) is 8.07. The van der Waals surface area contributed by atoms with Crippen LogP contribution in [0.3, 0.4) is 0 Å². The van der Waals surface area contributed by atoms with Gasteiger partial charge in [0.25, 0.3) is 0 Å². The zero-order chi connectivity index (χ0) is 10.1. The van der Waals surface area contributed by atoms with E-state index in [9.17, 15) is 4.79 Å². The lowest BCUT2D eigenvalue weighted by atomic mass is 10.2. The van der Waals surface area contributed by atoms with Gasteiger partial charge in [-0.25, -0.2) is 4.79 Å². The molecule has 3 heteroatoms. The van der Waals surface area contributed by atoms with E-state index in [4.69, 9.17) is 0 Å². The second kappa shape index (κ2) is 3.33. The van der Waals surface area contributed by atoms with Crippen LogP contribution in [0.5, 0.6) is 0 Å². The van der Waals surface area contributed by atoms with Crippen LogP contribution >= 0.6 is 0 Å². The molecule has 1 saturated heterocycles. The van der Waals surface area contributed by atoms with E-state index in [1.807, 2.05) is 36.1 Å². The van der Waals surface area contributed by atoms with Gasteiger partial charge < -0.3 is 9.64 Å². The van der Waals surface area contributed by atoms with Gasteiger partial charge in [0.05, 0.1) is 13.7 Å². The maximum absolute atomic E-state index is 11.2. The number of carbonyl (C=O) groups is 1. The first-order valence-electron chi connectivity index (χ1n) is 4.63. The highest BCUT2D eigenvalue weighted by atomic mass is 16.5. The molecule has 2 rings (SSSR count). The van der Waals surface area contributed by atoms with E-state index in [0.29, 0.717) is 0 Å². The van der Waals surface area contributed by atoms with Gasteiger partial charge in [-0.1, -0.05) is 17.7 Å². The Morgan fingerprint density at radius 2 is 2.07 bits per heavy atom. The predicted molar refractivity (Wildman–Crippen MR) is 54.3 cm³/mol. The van der Waals surface area contributed by atoms with Crippen LogP contribution in [-0.2, 0) is 9.53 Å². The van der Waals surface area contributed by atoms with Crippen LogP contribution in [0.2, 0.25) is 0 Å². The highest BCUT2D eigenvalue weighted by molar-refractivity contribution is 5.86. The molecular formula is C11H13NO2. The molecule has 1 heterocycles. The second-order valence-electron chi connectivity index (χ2n) is 3.53. The Bertz CT molecular complexity index is 345. The summed E-state index contributed by atoms with van der Waals surface area (Å²) in [5.41, 5.74) is 2.32. The van der Waals surface area contributed by atoms with Crippen molar-refractivity contribution in [3.8, 4) is 0 Å². The number of hydrogen-bond acceptors (Lipinski definition) is 3. The van der Waals surface area contributed by atoms with E-state index in [2.05, 4.69) is 4.74 Å². The van der Waals surface area contributed by atoms with E-state index < -0.39 is 0 Å². The molecule has 0 aliphatic carbocycles. The zero-order valence-electron chi connectivity index (χ0n) is 8.36. The lowest BCUT2D eigenvalue weighted by Crippen LogP contribution is -2.13. The maximum Gasteiger partial charge on any atom is 0.330 e. The second-order valence-corrected chi connectivity index (χ2v) is 3.53. The Kier molecular flexibility index (Phi) is 2.15. The zero-order valence-corrected chi connectivity index (χ0v) is 8.36. The van der Waals surface area contributed by atoms with Crippen molar-refractivity contribution in [1.82, 2.24) is 0 Å². The molecule has 0 saturated carbocycles. The maximum atomic E-state index is 11.2. The number of hydrogen-bond donors (Lipinski definition) is 0. The van der Waals surface area contributed by atoms with Gasteiger partial charge in [-0.3, -0.25) is 0 Å². The molecule has 0 spiro atoms. The normalized spacial score (nSPS) is 19.3. The smallest absolute Gasteiger partial charge is 0.330 e. The van der Waals surface area contributed by atoms with Gasteiger partial charge in [-0.15, -0.1) is 0 Å². The number of esters is 1. The lowest BCUT2D eigenvalue weighted by molar-refractivity contribution is -0.139. The third-order valence-electron chi connectivity index (χ3n) is 2.45. The van der Waals surface area contributed by atoms with Crippen molar-refractivity contribution in [3.05, 3.63) is 29.8 Å². The minimum absolute atomic E-state index is 0.0669.